The Balaban J connectivity index is 2.28. The molecule has 0 aliphatic carbocycles. The Morgan fingerprint density at radius 1 is 1.05 bits per heavy atom. The summed E-state index contributed by atoms with van der Waals surface area (Å²) in [5.41, 5.74) is 5.36. The number of hydrazine groups is 1. The number of aryl methyl sites for hydroxylation is 1. The molecule has 21 heavy (non-hydrogen) atoms. The second kappa shape index (κ2) is 6.70. The highest BCUT2D eigenvalue weighted by molar-refractivity contribution is 5.37. The molecule has 0 aliphatic rings. The van der Waals surface area contributed by atoms with Crippen LogP contribution in [0.4, 0.5) is 4.39 Å². The fourth-order valence-electron chi connectivity index (χ4n) is 2.33. The lowest BCUT2D eigenvalue weighted by Crippen LogP contribution is -2.29. The van der Waals surface area contributed by atoms with Gasteiger partial charge >= 0.3 is 0 Å². The molecular formula is C17H21FN2O. The van der Waals surface area contributed by atoms with Crippen molar-refractivity contribution in [3.63, 3.8) is 0 Å². The Labute approximate surface area is 124 Å². The molecule has 0 bridgehead atoms. The molecular weight excluding hydrogens is 267 g/mol. The summed E-state index contributed by atoms with van der Waals surface area (Å²) >= 11 is 0. The molecule has 3 nitrogen and oxygen atoms in total. The summed E-state index contributed by atoms with van der Waals surface area (Å²) in [6, 6.07) is 12.3. The van der Waals surface area contributed by atoms with Crippen molar-refractivity contribution in [3.8, 4) is 5.75 Å². The van der Waals surface area contributed by atoms with Gasteiger partial charge in [-0.2, -0.15) is 0 Å². The fraction of sp³-hybridized carbons (Fsp3) is 0.294. The maximum absolute atomic E-state index is 13.6. The van der Waals surface area contributed by atoms with Crippen LogP contribution in [0.3, 0.4) is 0 Å². The topological polar surface area (TPSA) is 47.3 Å². The molecule has 0 saturated carbocycles. The van der Waals surface area contributed by atoms with Crippen molar-refractivity contribution in [2.45, 2.75) is 32.9 Å². The van der Waals surface area contributed by atoms with Gasteiger partial charge in [-0.15, -0.1) is 0 Å². The molecule has 2 rings (SSSR count). The molecule has 1 atom stereocenters. The highest BCUT2D eigenvalue weighted by Crippen LogP contribution is 2.25. The Morgan fingerprint density at radius 3 is 2.24 bits per heavy atom. The summed E-state index contributed by atoms with van der Waals surface area (Å²) in [6.07, 6.45) is 0.130. The Hall–Kier alpha value is -1.91. The largest absolute Gasteiger partial charge is 0.491 e. The summed E-state index contributed by atoms with van der Waals surface area (Å²) in [4.78, 5) is 0. The number of benzene rings is 2. The standard InChI is InChI=1S/C17H21FN2O/c1-11(2)21-16-6-4-13(5-7-16)17(20-19)14-8-12(3)9-15(18)10-14/h4-11,17,20H,19H2,1-3H3. The number of ether oxygens (including phenoxy) is 1. The van der Waals surface area contributed by atoms with Crippen molar-refractivity contribution in [2.24, 2.45) is 5.84 Å². The van der Waals surface area contributed by atoms with Gasteiger partial charge in [-0.25, -0.2) is 9.82 Å². The number of hydrogen-bond donors (Lipinski definition) is 2. The number of nitrogens with two attached hydrogens (primary N) is 1. The van der Waals surface area contributed by atoms with Gasteiger partial charge in [0.1, 0.15) is 11.6 Å². The molecule has 1 unspecified atom stereocenters. The van der Waals surface area contributed by atoms with Crippen LogP contribution in [0.5, 0.6) is 5.75 Å². The van der Waals surface area contributed by atoms with Gasteiger partial charge < -0.3 is 4.74 Å². The van der Waals surface area contributed by atoms with E-state index in [1.54, 1.807) is 0 Å². The molecule has 0 aromatic heterocycles. The van der Waals surface area contributed by atoms with E-state index >= 15 is 0 Å². The minimum atomic E-state index is -0.259. The highest BCUT2D eigenvalue weighted by Gasteiger charge is 2.14. The van der Waals surface area contributed by atoms with Crippen molar-refractivity contribution in [2.75, 3.05) is 0 Å². The molecule has 0 amide bonds. The minimum Gasteiger partial charge on any atom is -0.491 e. The zero-order valence-electron chi connectivity index (χ0n) is 12.6. The first-order valence-corrected chi connectivity index (χ1v) is 6.99. The lowest BCUT2D eigenvalue weighted by atomic mass is 9.97. The minimum absolute atomic E-state index is 0.130. The second-order valence-electron chi connectivity index (χ2n) is 5.40. The SMILES string of the molecule is Cc1cc(F)cc(C(NN)c2ccc(OC(C)C)cc2)c1. The van der Waals surface area contributed by atoms with E-state index < -0.39 is 0 Å². The highest BCUT2D eigenvalue weighted by atomic mass is 19.1. The second-order valence-corrected chi connectivity index (χ2v) is 5.40. The normalized spacial score (nSPS) is 12.5. The van der Waals surface area contributed by atoms with E-state index in [-0.39, 0.29) is 18.0 Å². The maximum atomic E-state index is 13.6. The smallest absolute Gasteiger partial charge is 0.123 e. The predicted molar refractivity (Wildman–Crippen MR) is 82.5 cm³/mol. The third-order valence-electron chi connectivity index (χ3n) is 3.15. The summed E-state index contributed by atoms with van der Waals surface area (Å²) in [7, 11) is 0. The van der Waals surface area contributed by atoms with Gasteiger partial charge in [-0.05, 0) is 61.7 Å². The molecule has 0 fully saturated rings. The molecule has 3 N–H and O–H groups in total. The van der Waals surface area contributed by atoms with Crippen molar-refractivity contribution >= 4 is 0 Å². The van der Waals surface area contributed by atoms with Crippen molar-refractivity contribution < 1.29 is 9.13 Å². The zero-order valence-corrected chi connectivity index (χ0v) is 12.6. The fourth-order valence-corrected chi connectivity index (χ4v) is 2.33. The average Bonchev–Trinajstić information content (AvgIpc) is 2.40. The van der Waals surface area contributed by atoms with E-state index in [1.807, 2.05) is 51.1 Å². The van der Waals surface area contributed by atoms with E-state index in [0.29, 0.717) is 0 Å². The van der Waals surface area contributed by atoms with Crippen LogP contribution in [0.1, 0.15) is 36.6 Å². The van der Waals surface area contributed by atoms with Crippen LogP contribution in [0.2, 0.25) is 0 Å². The third kappa shape index (κ3) is 4.03. The van der Waals surface area contributed by atoms with E-state index in [1.165, 1.54) is 12.1 Å². The maximum Gasteiger partial charge on any atom is 0.123 e. The van der Waals surface area contributed by atoms with Gasteiger partial charge in [0, 0.05) is 0 Å². The van der Waals surface area contributed by atoms with Crippen molar-refractivity contribution in [1.82, 2.24) is 5.43 Å². The molecule has 2 aromatic carbocycles. The number of halogens is 1. The Morgan fingerprint density at radius 2 is 1.71 bits per heavy atom. The lowest BCUT2D eigenvalue weighted by Gasteiger charge is -2.18. The van der Waals surface area contributed by atoms with Crippen molar-refractivity contribution in [3.05, 3.63) is 65.0 Å². The van der Waals surface area contributed by atoms with E-state index in [0.717, 1.165) is 22.4 Å². The number of rotatable bonds is 5. The monoisotopic (exact) mass is 288 g/mol. The molecule has 2 aromatic rings. The quantitative estimate of drug-likeness (QED) is 0.654. The van der Waals surface area contributed by atoms with Crippen LogP contribution >= 0.6 is 0 Å². The van der Waals surface area contributed by atoms with Crippen LogP contribution in [0, 0.1) is 12.7 Å². The summed E-state index contributed by atoms with van der Waals surface area (Å²) in [6.45, 7) is 5.82. The zero-order chi connectivity index (χ0) is 15.4. The first-order valence-electron chi connectivity index (χ1n) is 6.99. The van der Waals surface area contributed by atoms with Gasteiger partial charge in [0.15, 0.2) is 0 Å². The molecule has 0 radical (unpaired) electrons. The molecule has 0 saturated heterocycles. The van der Waals surface area contributed by atoms with Gasteiger partial charge in [0.25, 0.3) is 0 Å². The van der Waals surface area contributed by atoms with Crippen LogP contribution in [-0.2, 0) is 0 Å². The van der Waals surface area contributed by atoms with E-state index in [2.05, 4.69) is 5.43 Å². The summed E-state index contributed by atoms with van der Waals surface area (Å²) in [5, 5.41) is 0. The molecule has 112 valence electrons. The number of nitrogens with one attached hydrogen (secondary N) is 1. The van der Waals surface area contributed by atoms with Gasteiger partial charge in [-0.1, -0.05) is 18.2 Å². The van der Waals surface area contributed by atoms with Gasteiger partial charge in [0.05, 0.1) is 12.1 Å². The van der Waals surface area contributed by atoms with Gasteiger partial charge in [-0.3, -0.25) is 5.84 Å². The lowest BCUT2D eigenvalue weighted by molar-refractivity contribution is 0.242. The van der Waals surface area contributed by atoms with E-state index in [4.69, 9.17) is 10.6 Å². The third-order valence-corrected chi connectivity index (χ3v) is 3.15. The van der Waals surface area contributed by atoms with Crippen molar-refractivity contribution in [1.29, 1.82) is 0 Å². The van der Waals surface area contributed by atoms with Crippen LogP contribution in [0.15, 0.2) is 42.5 Å². The molecule has 0 spiro atoms. The van der Waals surface area contributed by atoms with Crippen LogP contribution < -0.4 is 16.0 Å². The molecule has 0 aliphatic heterocycles. The van der Waals surface area contributed by atoms with Gasteiger partial charge in [0.2, 0.25) is 0 Å². The van der Waals surface area contributed by atoms with Crippen LogP contribution in [0.25, 0.3) is 0 Å². The molecule has 0 heterocycles. The van der Waals surface area contributed by atoms with E-state index in [9.17, 15) is 4.39 Å². The summed E-state index contributed by atoms with van der Waals surface area (Å²) < 4.78 is 19.2. The number of hydrogen-bond acceptors (Lipinski definition) is 3. The molecule has 4 heteroatoms. The Kier molecular flexibility index (Phi) is 4.94. The Bertz CT molecular complexity index is 576. The first-order chi connectivity index (χ1) is 9.99. The summed E-state index contributed by atoms with van der Waals surface area (Å²) in [5.74, 6) is 6.20. The first kappa shape index (κ1) is 15.5. The average molecular weight is 288 g/mol. The van der Waals surface area contributed by atoms with Crippen LogP contribution in [-0.4, -0.2) is 6.10 Å². The predicted octanol–water partition coefficient (Wildman–Crippen LogP) is 3.47.